The molecule has 1 aliphatic rings. The van der Waals surface area contributed by atoms with Gasteiger partial charge in [-0.05, 0) is 30.4 Å². The SMILES string of the molecule is CN/C=C(\C=N)c1cnc(N)c(C(=O)N[C@H]2CCCc3ccccc32)n1. The molecule has 0 bridgehead atoms. The highest BCUT2D eigenvalue weighted by Gasteiger charge is 2.24. The number of hydrogen-bond donors (Lipinski definition) is 4. The van der Waals surface area contributed by atoms with Crippen molar-refractivity contribution in [2.45, 2.75) is 25.3 Å². The minimum atomic E-state index is -0.354. The molecular weight excluding hydrogens is 328 g/mol. The molecule has 134 valence electrons. The van der Waals surface area contributed by atoms with Crippen LogP contribution in [0.5, 0.6) is 0 Å². The highest BCUT2D eigenvalue weighted by atomic mass is 16.2. The molecule has 1 aliphatic carbocycles. The van der Waals surface area contributed by atoms with E-state index < -0.39 is 0 Å². The maximum Gasteiger partial charge on any atom is 0.274 e. The zero-order valence-electron chi connectivity index (χ0n) is 14.6. The lowest BCUT2D eigenvalue weighted by Crippen LogP contribution is -2.32. The van der Waals surface area contributed by atoms with Crippen LogP contribution in [0.3, 0.4) is 0 Å². The summed E-state index contributed by atoms with van der Waals surface area (Å²) in [6.45, 7) is 0. The Morgan fingerprint density at radius 1 is 1.38 bits per heavy atom. The predicted molar refractivity (Wildman–Crippen MR) is 102 cm³/mol. The number of fused-ring (bicyclic) bond motifs is 1. The third kappa shape index (κ3) is 3.56. The minimum Gasteiger partial charge on any atom is -0.393 e. The number of benzene rings is 1. The fourth-order valence-corrected chi connectivity index (χ4v) is 3.18. The fraction of sp³-hybridized carbons (Fsp3) is 0.263. The molecule has 0 saturated heterocycles. The van der Waals surface area contributed by atoms with Gasteiger partial charge >= 0.3 is 0 Å². The van der Waals surface area contributed by atoms with Crippen LogP contribution in [0.15, 0.2) is 36.7 Å². The van der Waals surface area contributed by atoms with Gasteiger partial charge < -0.3 is 21.8 Å². The van der Waals surface area contributed by atoms with E-state index in [1.165, 1.54) is 11.8 Å². The standard InChI is InChI=1S/C19H22N6O/c1-22-10-13(9-20)16-11-23-18(21)17(24-16)19(26)25-15-8-4-6-12-5-2-3-7-14(12)15/h2-3,5,7,9-11,15,20,22H,4,6,8H2,1H3,(H2,21,23)(H,25,26)/b13-10+,20-9?/t15-/m0/s1. The number of aryl methyl sites for hydroxylation is 1. The Balaban J connectivity index is 1.87. The smallest absolute Gasteiger partial charge is 0.274 e. The van der Waals surface area contributed by atoms with Gasteiger partial charge in [0, 0.05) is 25.0 Å². The van der Waals surface area contributed by atoms with Gasteiger partial charge in [-0.2, -0.15) is 0 Å². The summed E-state index contributed by atoms with van der Waals surface area (Å²) in [6.07, 6.45) is 7.14. The van der Waals surface area contributed by atoms with Crippen LogP contribution in [-0.4, -0.2) is 29.1 Å². The first-order valence-electron chi connectivity index (χ1n) is 8.53. The van der Waals surface area contributed by atoms with Crippen molar-refractivity contribution < 1.29 is 4.79 Å². The molecule has 3 rings (SSSR count). The summed E-state index contributed by atoms with van der Waals surface area (Å²) in [5, 5.41) is 13.4. The molecule has 0 fully saturated rings. The van der Waals surface area contributed by atoms with Crippen LogP contribution >= 0.6 is 0 Å². The van der Waals surface area contributed by atoms with Crippen molar-refractivity contribution in [2.75, 3.05) is 12.8 Å². The second-order valence-electron chi connectivity index (χ2n) is 6.14. The maximum atomic E-state index is 12.8. The van der Waals surface area contributed by atoms with Crippen LogP contribution < -0.4 is 16.4 Å². The molecule has 1 aromatic heterocycles. The van der Waals surface area contributed by atoms with Gasteiger partial charge in [-0.15, -0.1) is 0 Å². The van der Waals surface area contributed by atoms with Crippen molar-refractivity contribution in [1.29, 1.82) is 5.41 Å². The van der Waals surface area contributed by atoms with Crippen molar-refractivity contribution in [3.8, 4) is 0 Å². The summed E-state index contributed by atoms with van der Waals surface area (Å²) in [5.41, 5.74) is 9.29. The number of aromatic nitrogens is 2. The molecule has 0 unspecified atom stereocenters. The zero-order valence-corrected chi connectivity index (χ0v) is 14.6. The quantitative estimate of drug-likeness (QED) is 0.616. The zero-order chi connectivity index (χ0) is 18.5. The van der Waals surface area contributed by atoms with Crippen molar-refractivity contribution in [3.63, 3.8) is 0 Å². The highest BCUT2D eigenvalue weighted by molar-refractivity contribution is 6.07. The lowest BCUT2D eigenvalue weighted by Gasteiger charge is -2.26. The van der Waals surface area contributed by atoms with Crippen molar-refractivity contribution >= 4 is 23.5 Å². The monoisotopic (exact) mass is 350 g/mol. The molecule has 0 radical (unpaired) electrons. The van der Waals surface area contributed by atoms with Gasteiger partial charge in [0.1, 0.15) is 0 Å². The molecule has 1 heterocycles. The summed E-state index contributed by atoms with van der Waals surface area (Å²) in [6, 6.07) is 8.09. The van der Waals surface area contributed by atoms with Crippen LogP contribution in [0.2, 0.25) is 0 Å². The number of carbonyl (C=O) groups excluding carboxylic acids is 1. The Labute approximate surface area is 152 Å². The van der Waals surface area contributed by atoms with Gasteiger partial charge in [0.25, 0.3) is 5.91 Å². The second-order valence-corrected chi connectivity index (χ2v) is 6.14. The Morgan fingerprint density at radius 2 is 2.19 bits per heavy atom. The number of nitrogen functional groups attached to an aromatic ring is 1. The van der Waals surface area contributed by atoms with E-state index in [1.807, 2.05) is 18.2 Å². The van der Waals surface area contributed by atoms with E-state index in [0.29, 0.717) is 11.3 Å². The molecule has 7 nitrogen and oxygen atoms in total. The van der Waals surface area contributed by atoms with E-state index in [0.717, 1.165) is 31.0 Å². The largest absolute Gasteiger partial charge is 0.393 e. The highest BCUT2D eigenvalue weighted by Crippen LogP contribution is 2.29. The average Bonchev–Trinajstić information content (AvgIpc) is 2.67. The summed E-state index contributed by atoms with van der Waals surface area (Å²) in [5.74, 6) is -0.281. The van der Waals surface area contributed by atoms with Crippen LogP contribution in [0.25, 0.3) is 5.57 Å². The van der Waals surface area contributed by atoms with E-state index in [-0.39, 0.29) is 23.5 Å². The molecule has 1 atom stereocenters. The first-order chi connectivity index (χ1) is 12.6. The molecule has 7 heteroatoms. The molecule has 2 aromatic rings. The summed E-state index contributed by atoms with van der Waals surface area (Å²) < 4.78 is 0. The van der Waals surface area contributed by atoms with Crippen molar-refractivity contribution in [2.24, 2.45) is 0 Å². The molecule has 0 aliphatic heterocycles. The number of hydrogen-bond acceptors (Lipinski definition) is 6. The number of allylic oxidation sites excluding steroid dienone is 1. The van der Waals surface area contributed by atoms with E-state index in [9.17, 15) is 4.79 Å². The first kappa shape index (κ1) is 17.6. The van der Waals surface area contributed by atoms with Crippen LogP contribution in [0.1, 0.15) is 46.2 Å². The van der Waals surface area contributed by atoms with Crippen molar-refractivity contribution in [3.05, 3.63) is 59.2 Å². The molecule has 26 heavy (non-hydrogen) atoms. The van der Waals surface area contributed by atoms with E-state index in [4.69, 9.17) is 11.1 Å². The predicted octanol–water partition coefficient (Wildman–Crippen LogP) is 2.08. The molecule has 1 aromatic carbocycles. The van der Waals surface area contributed by atoms with Gasteiger partial charge in [-0.25, -0.2) is 9.97 Å². The van der Waals surface area contributed by atoms with Gasteiger partial charge in [0.05, 0.1) is 17.9 Å². The van der Waals surface area contributed by atoms with Crippen LogP contribution in [-0.2, 0) is 6.42 Å². The number of rotatable bonds is 5. The van der Waals surface area contributed by atoms with Gasteiger partial charge in [0.15, 0.2) is 11.5 Å². The van der Waals surface area contributed by atoms with E-state index >= 15 is 0 Å². The second kappa shape index (κ2) is 7.77. The van der Waals surface area contributed by atoms with Crippen LogP contribution in [0.4, 0.5) is 5.82 Å². The Morgan fingerprint density at radius 3 is 2.96 bits per heavy atom. The Bertz CT molecular complexity index is 861. The molecule has 0 saturated carbocycles. The first-order valence-corrected chi connectivity index (χ1v) is 8.53. The maximum absolute atomic E-state index is 12.8. The summed E-state index contributed by atoms with van der Waals surface area (Å²) in [7, 11) is 1.72. The van der Waals surface area contributed by atoms with Gasteiger partial charge in [-0.1, -0.05) is 24.3 Å². The molecule has 5 N–H and O–H groups in total. The molecule has 1 amide bonds. The number of nitrogens with one attached hydrogen (secondary N) is 3. The lowest BCUT2D eigenvalue weighted by molar-refractivity contribution is 0.0928. The number of anilines is 1. The third-order valence-corrected chi connectivity index (χ3v) is 4.44. The molecule has 0 spiro atoms. The molecular formula is C19H22N6O. The average molecular weight is 350 g/mol. The normalized spacial score (nSPS) is 16.5. The summed E-state index contributed by atoms with van der Waals surface area (Å²) >= 11 is 0. The van der Waals surface area contributed by atoms with Gasteiger partial charge in [0.2, 0.25) is 0 Å². The van der Waals surface area contributed by atoms with Gasteiger partial charge in [-0.3, -0.25) is 4.79 Å². The van der Waals surface area contributed by atoms with E-state index in [1.54, 1.807) is 13.2 Å². The number of carbonyl (C=O) groups is 1. The minimum absolute atomic E-state index is 0.0626. The summed E-state index contributed by atoms with van der Waals surface area (Å²) in [4.78, 5) is 21.2. The number of nitrogens with zero attached hydrogens (tertiary/aromatic N) is 2. The van der Waals surface area contributed by atoms with Crippen molar-refractivity contribution in [1.82, 2.24) is 20.6 Å². The van der Waals surface area contributed by atoms with Crippen LogP contribution in [0, 0.1) is 5.41 Å². The topological polar surface area (TPSA) is 117 Å². The Hall–Kier alpha value is -3.22. The number of amides is 1. The fourth-order valence-electron chi connectivity index (χ4n) is 3.18. The third-order valence-electron chi connectivity index (χ3n) is 4.44. The number of nitrogens with two attached hydrogens (primary N) is 1. The van der Waals surface area contributed by atoms with E-state index in [2.05, 4.69) is 26.7 Å². The Kier molecular flexibility index (Phi) is 5.26. The lowest BCUT2D eigenvalue weighted by atomic mass is 9.87.